The zero-order valence-corrected chi connectivity index (χ0v) is 10.9. The number of carbonyl (C=O) groups is 1. The van der Waals surface area contributed by atoms with E-state index in [-0.39, 0.29) is 0 Å². The minimum atomic E-state index is -1.20. The minimum Gasteiger partial charge on any atom is -0.378 e. The maximum Gasteiger partial charge on any atom is 0.273 e. The fourth-order valence-electron chi connectivity index (χ4n) is 1.72. The van der Waals surface area contributed by atoms with E-state index < -0.39 is 12.0 Å². The standard InChI is InChI=1S/C16H16N2O2/c19-15(14-9-5-2-6-10-14)16(20)18-17-12-11-13-7-3-1-4-8-13/h1-10,12,15,19H,11H2,(H,18,20)/b17-12+. The van der Waals surface area contributed by atoms with Crippen molar-refractivity contribution in [2.45, 2.75) is 12.5 Å². The Morgan fingerprint density at radius 1 is 1.10 bits per heavy atom. The molecule has 4 nitrogen and oxygen atoms in total. The van der Waals surface area contributed by atoms with Gasteiger partial charge in [0, 0.05) is 12.6 Å². The predicted molar refractivity (Wildman–Crippen MR) is 78.2 cm³/mol. The average Bonchev–Trinajstić information content (AvgIpc) is 2.52. The van der Waals surface area contributed by atoms with Crippen molar-refractivity contribution < 1.29 is 9.90 Å². The summed E-state index contributed by atoms with van der Waals surface area (Å²) in [6.45, 7) is 0. The summed E-state index contributed by atoms with van der Waals surface area (Å²) in [7, 11) is 0. The highest BCUT2D eigenvalue weighted by molar-refractivity contribution is 5.82. The summed E-state index contributed by atoms with van der Waals surface area (Å²) < 4.78 is 0. The van der Waals surface area contributed by atoms with E-state index in [9.17, 15) is 9.90 Å². The highest BCUT2D eigenvalue weighted by Gasteiger charge is 2.15. The summed E-state index contributed by atoms with van der Waals surface area (Å²) >= 11 is 0. The molecule has 0 heterocycles. The van der Waals surface area contributed by atoms with Gasteiger partial charge in [-0.25, -0.2) is 5.43 Å². The van der Waals surface area contributed by atoms with Crippen LogP contribution in [-0.2, 0) is 11.2 Å². The van der Waals surface area contributed by atoms with Crippen molar-refractivity contribution in [3.8, 4) is 0 Å². The third-order valence-corrected chi connectivity index (χ3v) is 2.80. The maximum atomic E-state index is 11.7. The lowest BCUT2D eigenvalue weighted by molar-refractivity contribution is -0.129. The summed E-state index contributed by atoms with van der Waals surface area (Å²) in [6.07, 6.45) is 1.03. The molecule has 0 saturated carbocycles. The smallest absolute Gasteiger partial charge is 0.273 e. The summed E-state index contributed by atoms with van der Waals surface area (Å²) in [6, 6.07) is 18.5. The van der Waals surface area contributed by atoms with Crippen LogP contribution in [-0.4, -0.2) is 17.2 Å². The van der Waals surface area contributed by atoms with Crippen LogP contribution >= 0.6 is 0 Å². The molecule has 20 heavy (non-hydrogen) atoms. The predicted octanol–water partition coefficient (Wildman–Crippen LogP) is 2.06. The van der Waals surface area contributed by atoms with Gasteiger partial charge in [0.25, 0.3) is 5.91 Å². The van der Waals surface area contributed by atoms with Gasteiger partial charge in [-0.05, 0) is 11.1 Å². The lowest BCUT2D eigenvalue weighted by Crippen LogP contribution is -2.25. The highest BCUT2D eigenvalue weighted by Crippen LogP contribution is 2.11. The van der Waals surface area contributed by atoms with Crippen molar-refractivity contribution >= 4 is 12.1 Å². The van der Waals surface area contributed by atoms with Gasteiger partial charge in [-0.1, -0.05) is 60.7 Å². The van der Waals surface area contributed by atoms with E-state index in [1.807, 2.05) is 36.4 Å². The second kappa shape index (κ2) is 7.21. The van der Waals surface area contributed by atoms with Crippen molar-refractivity contribution in [1.29, 1.82) is 0 Å². The molecule has 1 unspecified atom stereocenters. The maximum absolute atomic E-state index is 11.7. The molecule has 0 aliphatic heterocycles. The van der Waals surface area contributed by atoms with E-state index in [1.165, 1.54) is 0 Å². The first kappa shape index (κ1) is 14.0. The molecule has 0 fully saturated rings. The zero-order valence-electron chi connectivity index (χ0n) is 10.9. The number of hydrazone groups is 1. The molecule has 2 aromatic rings. The third-order valence-electron chi connectivity index (χ3n) is 2.80. The number of nitrogens with zero attached hydrogens (tertiary/aromatic N) is 1. The van der Waals surface area contributed by atoms with Gasteiger partial charge in [-0.2, -0.15) is 5.10 Å². The molecule has 4 heteroatoms. The first-order valence-electron chi connectivity index (χ1n) is 6.35. The van der Waals surface area contributed by atoms with Crippen LogP contribution in [0.5, 0.6) is 0 Å². The Morgan fingerprint density at radius 2 is 1.70 bits per heavy atom. The lowest BCUT2D eigenvalue weighted by Gasteiger charge is -2.08. The molecule has 0 saturated heterocycles. The van der Waals surface area contributed by atoms with Crippen molar-refractivity contribution in [1.82, 2.24) is 5.43 Å². The lowest BCUT2D eigenvalue weighted by atomic mass is 10.1. The average molecular weight is 268 g/mol. The summed E-state index contributed by atoms with van der Waals surface area (Å²) in [5, 5.41) is 13.6. The van der Waals surface area contributed by atoms with Crippen molar-refractivity contribution in [3.05, 3.63) is 71.8 Å². The number of aliphatic hydroxyl groups is 1. The van der Waals surface area contributed by atoms with Gasteiger partial charge in [0.05, 0.1) is 0 Å². The number of rotatable bonds is 5. The Kier molecular flexibility index (Phi) is 5.03. The first-order chi connectivity index (χ1) is 9.77. The van der Waals surface area contributed by atoms with Gasteiger partial charge < -0.3 is 5.11 Å². The van der Waals surface area contributed by atoms with Crippen molar-refractivity contribution in [2.75, 3.05) is 0 Å². The van der Waals surface area contributed by atoms with Gasteiger partial charge in [-0.3, -0.25) is 4.79 Å². The molecule has 2 rings (SSSR count). The molecule has 102 valence electrons. The number of benzene rings is 2. The molecule has 2 aromatic carbocycles. The molecule has 0 bridgehead atoms. The fourth-order valence-corrected chi connectivity index (χ4v) is 1.72. The van der Waals surface area contributed by atoms with Gasteiger partial charge in [0.15, 0.2) is 6.10 Å². The Morgan fingerprint density at radius 3 is 2.35 bits per heavy atom. The normalized spacial score (nSPS) is 12.2. The Hall–Kier alpha value is -2.46. The Bertz CT molecular complexity index is 568. The van der Waals surface area contributed by atoms with E-state index >= 15 is 0 Å². The molecule has 1 amide bonds. The van der Waals surface area contributed by atoms with E-state index in [0.29, 0.717) is 12.0 Å². The van der Waals surface area contributed by atoms with Gasteiger partial charge in [-0.15, -0.1) is 0 Å². The molecule has 0 aliphatic carbocycles. The molecule has 0 aliphatic rings. The monoisotopic (exact) mass is 268 g/mol. The highest BCUT2D eigenvalue weighted by atomic mass is 16.3. The fraction of sp³-hybridized carbons (Fsp3) is 0.125. The summed E-state index contributed by atoms with van der Waals surface area (Å²) in [5.41, 5.74) is 3.98. The topological polar surface area (TPSA) is 61.7 Å². The first-order valence-corrected chi connectivity index (χ1v) is 6.35. The van der Waals surface area contributed by atoms with Crippen LogP contribution in [0.1, 0.15) is 17.2 Å². The molecule has 1 atom stereocenters. The third kappa shape index (κ3) is 4.03. The molecule has 0 radical (unpaired) electrons. The van der Waals surface area contributed by atoms with Crippen molar-refractivity contribution in [2.24, 2.45) is 5.10 Å². The number of hydrogen-bond donors (Lipinski definition) is 2. The molecular formula is C16H16N2O2. The zero-order chi connectivity index (χ0) is 14.2. The van der Waals surface area contributed by atoms with Crippen LogP contribution < -0.4 is 5.43 Å². The van der Waals surface area contributed by atoms with E-state index in [2.05, 4.69) is 10.5 Å². The van der Waals surface area contributed by atoms with E-state index in [1.54, 1.807) is 30.5 Å². The van der Waals surface area contributed by atoms with Crippen molar-refractivity contribution in [3.63, 3.8) is 0 Å². The van der Waals surface area contributed by atoms with Gasteiger partial charge in [0.2, 0.25) is 0 Å². The number of aliphatic hydroxyl groups excluding tert-OH is 1. The molecule has 2 N–H and O–H groups in total. The Balaban J connectivity index is 1.83. The number of carbonyl (C=O) groups excluding carboxylic acids is 1. The summed E-state index contributed by atoms with van der Waals surface area (Å²) in [5.74, 6) is -0.541. The second-order valence-corrected chi connectivity index (χ2v) is 4.29. The van der Waals surface area contributed by atoms with Crippen LogP contribution in [0.2, 0.25) is 0 Å². The number of amides is 1. The number of nitrogens with one attached hydrogen (secondary N) is 1. The van der Waals surface area contributed by atoms with Gasteiger partial charge >= 0.3 is 0 Å². The Labute approximate surface area is 117 Å². The molecule has 0 spiro atoms. The van der Waals surface area contributed by atoms with E-state index in [4.69, 9.17) is 0 Å². The van der Waals surface area contributed by atoms with Crippen LogP contribution in [0.15, 0.2) is 65.8 Å². The number of hydrogen-bond acceptors (Lipinski definition) is 3. The minimum absolute atomic E-state index is 0.541. The quantitative estimate of drug-likeness (QED) is 0.644. The van der Waals surface area contributed by atoms with Crippen LogP contribution in [0.4, 0.5) is 0 Å². The summed E-state index contributed by atoms with van der Waals surface area (Å²) in [4.78, 5) is 11.7. The van der Waals surface area contributed by atoms with Crippen LogP contribution in [0.25, 0.3) is 0 Å². The van der Waals surface area contributed by atoms with E-state index in [0.717, 1.165) is 5.56 Å². The van der Waals surface area contributed by atoms with Crippen LogP contribution in [0.3, 0.4) is 0 Å². The van der Waals surface area contributed by atoms with Crippen LogP contribution in [0, 0.1) is 0 Å². The second-order valence-electron chi connectivity index (χ2n) is 4.29. The SMILES string of the molecule is O=C(N/N=C/Cc1ccccc1)C(O)c1ccccc1. The molecular weight excluding hydrogens is 252 g/mol. The largest absolute Gasteiger partial charge is 0.378 e. The van der Waals surface area contributed by atoms with Gasteiger partial charge in [0.1, 0.15) is 0 Å². The molecule has 0 aromatic heterocycles.